The number of esters is 1. The standard InChI is InChI=1S/C18H18FNO4S/c1-24-18(22)16(10-11-25(23)15-8-3-2-4-9-15)20-17(21)13-6-5-7-14(19)12-13/h2-9,12,16H,10-11H2,1H3,(H,20,21)/t16-,25+/m0/s1. The Morgan fingerprint density at radius 3 is 2.52 bits per heavy atom. The van der Waals surface area contributed by atoms with Crippen molar-refractivity contribution in [2.45, 2.75) is 17.4 Å². The molecule has 2 atom stereocenters. The first-order chi connectivity index (χ1) is 12.0. The Kier molecular flexibility index (Phi) is 6.82. The molecular formula is C18H18FNO4S. The summed E-state index contributed by atoms with van der Waals surface area (Å²) in [5.74, 6) is -1.62. The van der Waals surface area contributed by atoms with E-state index in [4.69, 9.17) is 0 Å². The molecule has 2 aromatic carbocycles. The zero-order valence-electron chi connectivity index (χ0n) is 13.6. The molecule has 5 nitrogen and oxygen atoms in total. The fourth-order valence-corrected chi connectivity index (χ4v) is 3.32. The Balaban J connectivity index is 2.02. The Hall–Kier alpha value is -2.54. The molecule has 0 aliphatic rings. The van der Waals surface area contributed by atoms with Gasteiger partial charge in [-0.1, -0.05) is 24.3 Å². The highest BCUT2D eigenvalue weighted by Gasteiger charge is 2.23. The van der Waals surface area contributed by atoms with E-state index in [1.54, 1.807) is 24.3 Å². The molecule has 0 aliphatic carbocycles. The fourth-order valence-electron chi connectivity index (χ4n) is 2.18. The maximum absolute atomic E-state index is 13.2. The molecule has 132 valence electrons. The van der Waals surface area contributed by atoms with Gasteiger partial charge in [-0.3, -0.25) is 9.00 Å². The number of hydrogen-bond acceptors (Lipinski definition) is 4. The van der Waals surface area contributed by atoms with Crippen LogP contribution in [0, 0.1) is 5.82 Å². The molecular weight excluding hydrogens is 345 g/mol. The third kappa shape index (κ3) is 5.49. The summed E-state index contributed by atoms with van der Waals surface area (Å²) in [5.41, 5.74) is 0.0954. The number of carbonyl (C=O) groups is 2. The van der Waals surface area contributed by atoms with Gasteiger partial charge in [-0.25, -0.2) is 9.18 Å². The maximum Gasteiger partial charge on any atom is 0.328 e. The van der Waals surface area contributed by atoms with Crippen LogP contribution in [0.25, 0.3) is 0 Å². The molecule has 0 radical (unpaired) electrons. The molecule has 0 heterocycles. The number of halogens is 1. The van der Waals surface area contributed by atoms with Crippen LogP contribution in [-0.4, -0.2) is 35.0 Å². The van der Waals surface area contributed by atoms with E-state index in [1.165, 1.54) is 25.3 Å². The smallest absolute Gasteiger partial charge is 0.328 e. The lowest BCUT2D eigenvalue weighted by molar-refractivity contribution is -0.142. The topological polar surface area (TPSA) is 72.5 Å². The van der Waals surface area contributed by atoms with Crippen molar-refractivity contribution < 1.29 is 22.9 Å². The van der Waals surface area contributed by atoms with E-state index in [1.807, 2.05) is 6.07 Å². The van der Waals surface area contributed by atoms with E-state index in [-0.39, 0.29) is 17.7 Å². The van der Waals surface area contributed by atoms with E-state index in [2.05, 4.69) is 10.1 Å². The summed E-state index contributed by atoms with van der Waals surface area (Å²) in [6.07, 6.45) is 0.134. The summed E-state index contributed by atoms with van der Waals surface area (Å²) >= 11 is 0. The molecule has 0 spiro atoms. The molecule has 1 N–H and O–H groups in total. The Bertz CT molecular complexity index is 767. The van der Waals surface area contributed by atoms with E-state index >= 15 is 0 Å². The SMILES string of the molecule is COC(=O)[C@H](CC[S@@](=O)c1ccccc1)NC(=O)c1cccc(F)c1. The van der Waals surface area contributed by atoms with Gasteiger partial charge in [-0.2, -0.15) is 0 Å². The van der Waals surface area contributed by atoms with E-state index in [0.717, 1.165) is 6.07 Å². The first-order valence-electron chi connectivity index (χ1n) is 7.59. The maximum atomic E-state index is 13.2. The highest BCUT2D eigenvalue weighted by Crippen LogP contribution is 2.10. The Morgan fingerprint density at radius 1 is 1.16 bits per heavy atom. The third-order valence-electron chi connectivity index (χ3n) is 3.48. The minimum atomic E-state index is -1.30. The van der Waals surface area contributed by atoms with Crippen molar-refractivity contribution in [3.8, 4) is 0 Å². The molecule has 2 aromatic rings. The van der Waals surface area contributed by atoms with Crippen LogP contribution in [0.2, 0.25) is 0 Å². The summed E-state index contributed by atoms with van der Waals surface area (Å²) in [5, 5.41) is 2.50. The molecule has 0 unspecified atom stereocenters. The van der Waals surface area contributed by atoms with Gasteiger partial charge < -0.3 is 10.1 Å². The van der Waals surface area contributed by atoms with Crippen molar-refractivity contribution in [2.24, 2.45) is 0 Å². The first-order valence-corrected chi connectivity index (χ1v) is 8.91. The lowest BCUT2D eigenvalue weighted by Crippen LogP contribution is -2.42. The summed E-state index contributed by atoms with van der Waals surface area (Å²) in [6.45, 7) is 0. The van der Waals surface area contributed by atoms with E-state index in [0.29, 0.717) is 4.90 Å². The van der Waals surface area contributed by atoms with Crippen LogP contribution in [0.5, 0.6) is 0 Å². The summed E-state index contributed by atoms with van der Waals surface area (Å²) in [6, 6.07) is 13.0. The normalized spacial score (nSPS) is 12.9. The van der Waals surface area contributed by atoms with Gasteiger partial charge in [0.15, 0.2) is 0 Å². The lowest BCUT2D eigenvalue weighted by atomic mass is 10.1. The predicted octanol–water partition coefficient (Wildman–Crippen LogP) is 2.30. The van der Waals surface area contributed by atoms with Gasteiger partial charge in [0.25, 0.3) is 5.91 Å². The van der Waals surface area contributed by atoms with E-state index in [9.17, 15) is 18.2 Å². The number of ether oxygens (including phenoxy) is 1. The summed E-state index contributed by atoms with van der Waals surface area (Å²) in [4.78, 5) is 24.7. The van der Waals surface area contributed by atoms with Crippen LogP contribution in [0.1, 0.15) is 16.8 Å². The second-order valence-corrected chi connectivity index (χ2v) is 6.78. The number of rotatable bonds is 7. The van der Waals surface area contributed by atoms with Gasteiger partial charge in [-0.05, 0) is 36.8 Å². The second kappa shape index (κ2) is 9.08. The molecule has 25 heavy (non-hydrogen) atoms. The zero-order valence-corrected chi connectivity index (χ0v) is 14.4. The minimum Gasteiger partial charge on any atom is -0.467 e. The Morgan fingerprint density at radius 2 is 1.88 bits per heavy atom. The highest BCUT2D eigenvalue weighted by molar-refractivity contribution is 7.85. The molecule has 0 fully saturated rings. The predicted molar refractivity (Wildman–Crippen MR) is 92.0 cm³/mol. The van der Waals surface area contributed by atoms with Crippen LogP contribution >= 0.6 is 0 Å². The van der Waals surface area contributed by atoms with Gasteiger partial charge in [0.1, 0.15) is 11.9 Å². The lowest BCUT2D eigenvalue weighted by Gasteiger charge is -2.16. The third-order valence-corrected chi connectivity index (χ3v) is 4.88. The van der Waals surface area contributed by atoms with Crippen molar-refractivity contribution in [1.29, 1.82) is 0 Å². The van der Waals surface area contributed by atoms with Crippen molar-refractivity contribution in [3.05, 3.63) is 66.0 Å². The average molecular weight is 363 g/mol. The number of methoxy groups -OCH3 is 1. The number of benzene rings is 2. The van der Waals surface area contributed by atoms with Gasteiger partial charge in [-0.15, -0.1) is 0 Å². The van der Waals surface area contributed by atoms with Gasteiger partial charge in [0.2, 0.25) is 0 Å². The quantitative estimate of drug-likeness (QED) is 0.766. The van der Waals surface area contributed by atoms with E-state index < -0.39 is 34.5 Å². The number of amides is 1. The monoisotopic (exact) mass is 363 g/mol. The van der Waals surface area contributed by atoms with Crippen molar-refractivity contribution >= 4 is 22.7 Å². The van der Waals surface area contributed by atoms with Gasteiger partial charge >= 0.3 is 5.97 Å². The largest absolute Gasteiger partial charge is 0.467 e. The molecule has 0 aromatic heterocycles. The first kappa shape index (κ1) is 18.8. The summed E-state index contributed by atoms with van der Waals surface area (Å²) < 4.78 is 30.2. The van der Waals surface area contributed by atoms with Crippen molar-refractivity contribution in [1.82, 2.24) is 5.32 Å². The van der Waals surface area contributed by atoms with Crippen molar-refractivity contribution in [3.63, 3.8) is 0 Å². The average Bonchev–Trinajstić information content (AvgIpc) is 2.64. The number of carbonyl (C=O) groups excluding carboxylic acids is 2. The molecule has 0 bridgehead atoms. The molecule has 0 saturated carbocycles. The highest BCUT2D eigenvalue weighted by atomic mass is 32.2. The van der Waals surface area contributed by atoms with Crippen LogP contribution in [0.4, 0.5) is 4.39 Å². The molecule has 1 amide bonds. The number of nitrogens with one attached hydrogen (secondary N) is 1. The van der Waals surface area contributed by atoms with Gasteiger partial charge in [0.05, 0.1) is 17.9 Å². The zero-order chi connectivity index (χ0) is 18.2. The molecule has 7 heteroatoms. The molecule has 2 rings (SSSR count). The van der Waals surface area contributed by atoms with Crippen LogP contribution in [0.3, 0.4) is 0 Å². The fraction of sp³-hybridized carbons (Fsp3) is 0.222. The van der Waals surface area contributed by atoms with Crippen LogP contribution in [0.15, 0.2) is 59.5 Å². The van der Waals surface area contributed by atoms with Gasteiger partial charge in [0, 0.05) is 16.2 Å². The van der Waals surface area contributed by atoms with Crippen molar-refractivity contribution in [2.75, 3.05) is 12.9 Å². The Labute approximate surface area is 147 Å². The van der Waals surface area contributed by atoms with Crippen LogP contribution < -0.4 is 5.32 Å². The molecule has 0 saturated heterocycles. The van der Waals surface area contributed by atoms with Crippen LogP contribution in [-0.2, 0) is 20.3 Å². The second-order valence-electron chi connectivity index (χ2n) is 5.21. The number of hydrogen-bond donors (Lipinski definition) is 1. The minimum absolute atomic E-state index is 0.0954. The summed E-state index contributed by atoms with van der Waals surface area (Å²) in [7, 11) is -0.0984. The molecule has 0 aliphatic heterocycles.